The summed E-state index contributed by atoms with van der Waals surface area (Å²) in [7, 11) is 0. The van der Waals surface area contributed by atoms with E-state index in [0.717, 1.165) is 12.2 Å². The number of hydrogen-bond donors (Lipinski definition) is 1. The molecular formula is C17H28OS. The molecule has 2 heteroatoms. The van der Waals surface area contributed by atoms with Crippen molar-refractivity contribution in [3.63, 3.8) is 0 Å². The Hall–Kier alpha value is -0.470. The minimum atomic E-state index is 0.214. The van der Waals surface area contributed by atoms with Gasteiger partial charge in [0.1, 0.15) is 0 Å². The van der Waals surface area contributed by atoms with Crippen LogP contribution in [0.4, 0.5) is 0 Å². The first-order valence-electron chi connectivity index (χ1n) is 7.08. The lowest BCUT2D eigenvalue weighted by molar-refractivity contribution is 0.289. The van der Waals surface area contributed by atoms with Gasteiger partial charge in [-0.3, -0.25) is 0 Å². The van der Waals surface area contributed by atoms with Crippen LogP contribution in [0.1, 0.15) is 56.4 Å². The molecule has 0 saturated heterocycles. The first-order chi connectivity index (χ1) is 8.75. The van der Waals surface area contributed by atoms with E-state index in [9.17, 15) is 0 Å². The van der Waals surface area contributed by atoms with Gasteiger partial charge in [0.15, 0.2) is 0 Å². The fraction of sp³-hybridized carbons (Fsp3) is 0.647. The van der Waals surface area contributed by atoms with Gasteiger partial charge < -0.3 is 5.11 Å². The van der Waals surface area contributed by atoms with Crippen molar-refractivity contribution in [3.05, 3.63) is 34.4 Å². The highest BCUT2D eigenvalue weighted by Crippen LogP contribution is 2.30. The van der Waals surface area contributed by atoms with Gasteiger partial charge in [0.2, 0.25) is 0 Å². The third-order valence-corrected chi connectivity index (χ3v) is 4.87. The van der Waals surface area contributed by atoms with Crippen molar-refractivity contribution in [2.24, 2.45) is 0 Å². The van der Waals surface area contributed by atoms with Crippen LogP contribution in [0.5, 0.6) is 0 Å². The van der Waals surface area contributed by atoms with Crippen LogP contribution < -0.4 is 0 Å². The summed E-state index contributed by atoms with van der Waals surface area (Å²) >= 11 is 1.94. The fourth-order valence-corrected chi connectivity index (χ4v) is 3.32. The Balaban J connectivity index is 2.86. The zero-order chi connectivity index (χ0) is 14.6. The van der Waals surface area contributed by atoms with Crippen molar-refractivity contribution >= 4 is 11.8 Å². The second-order valence-electron chi connectivity index (χ2n) is 6.47. The average Bonchev–Trinajstić information content (AvgIpc) is 2.26. The van der Waals surface area contributed by atoms with Gasteiger partial charge >= 0.3 is 0 Å². The molecule has 0 spiro atoms. The van der Waals surface area contributed by atoms with Crippen molar-refractivity contribution < 1.29 is 5.11 Å². The molecule has 0 bridgehead atoms. The number of rotatable bonds is 5. The molecule has 1 N–H and O–H groups in total. The molecule has 0 amide bonds. The van der Waals surface area contributed by atoms with Gasteiger partial charge in [0.05, 0.1) is 0 Å². The molecule has 0 aliphatic heterocycles. The highest BCUT2D eigenvalue weighted by atomic mass is 32.2. The van der Waals surface area contributed by atoms with E-state index in [4.69, 9.17) is 5.11 Å². The second-order valence-corrected chi connectivity index (χ2v) is 7.90. The summed E-state index contributed by atoms with van der Waals surface area (Å²) in [5.74, 6) is 1.04. The van der Waals surface area contributed by atoms with Crippen LogP contribution in [0, 0.1) is 13.8 Å². The average molecular weight is 280 g/mol. The van der Waals surface area contributed by atoms with Crippen molar-refractivity contribution in [1.82, 2.24) is 0 Å². The Morgan fingerprint density at radius 2 is 1.68 bits per heavy atom. The molecule has 1 nitrogen and oxygen atoms in total. The summed E-state index contributed by atoms with van der Waals surface area (Å²) in [6.07, 6.45) is 0.878. The van der Waals surface area contributed by atoms with Gasteiger partial charge in [-0.2, -0.15) is 11.8 Å². The van der Waals surface area contributed by atoms with Gasteiger partial charge in [-0.15, -0.1) is 0 Å². The van der Waals surface area contributed by atoms with Gasteiger partial charge in [-0.05, 0) is 47.9 Å². The molecule has 1 aromatic carbocycles. The first-order valence-corrected chi connectivity index (χ1v) is 8.13. The van der Waals surface area contributed by atoms with Crippen molar-refractivity contribution in [2.75, 3.05) is 6.61 Å². The van der Waals surface area contributed by atoms with Crippen molar-refractivity contribution in [2.45, 2.75) is 64.4 Å². The van der Waals surface area contributed by atoms with E-state index >= 15 is 0 Å². The number of benzene rings is 1. The summed E-state index contributed by atoms with van der Waals surface area (Å²) in [5, 5.41) is 9.48. The number of aliphatic hydroxyl groups is 1. The van der Waals surface area contributed by atoms with Crippen LogP contribution in [0.3, 0.4) is 0 Å². The molecular weight excluding hydrogens is 252 g/mol. The normalized spacial score (nSPS) is 13.6. The number of hydrogen-bond acceptors (Lipinski definition) is 2. The summed E-state index contributed by atoms with van der Waals surface area (Å²) in [4.78, 5) is 0. The van der Waals surface area contributed by atoms with E-state index in [1.807, 2.05) is 11.8 Å². The Labute approximate surface area is 122 Å². The number of aliphatic hydroxyl groups excluding tert-OH is 1. The summed E-state index contributed by atoms with van der Waals surface area (Å²) in [6, 6.07) is 4.67. The third kappa shape index (κ3) is 4.85. The molecule has 0 radical (unpaired) electrons. The predicted molar refractivity (Wildman–Crippen MR) is 87.1 cm³/mol. The zero-order valence-corrected chi connectivity index (χ0v) is 14.0. The summed E-state index contributed by atoms with van der Waals surface area (Å²) in [5.41, 5.74) is 5.88. The maximum Gasteiger partial charge on any atom is 0.0441 e. The molecule has 19 heavy (non-hydrogen) atoms. The van der Waals surface area contributed by atoms with E-state index < -0.39 is 0 Å². The lowest BCUT2D eigenvalue weighted by atomic mass is 9.84. The standard InChI is InChI=1S/C17H28OS/c1-12-9-15(17(4,5)6)10-13(2)16(12)11-19-14(3)7-8-18/h9-10,14,18H,7-8,11H2,1-6H3. The third-order valence-electron chi connectivity index (χ3n) is 3.61. The molecule has 1 rings (SSSR count). The number of aryl methyl sites for hydroxylation is 2. The summed E-state index contributed by atoms with van der Waals surface area (Å²) < 4.78 is 0. The molecule has 0 saturated carbocycles. The van der Waals surface area contributed by atoms with E-state index in [1.54, 1.807) is 0 Å². The Morgan fingerprint density at radius 3 is 2.11 bits per heavy atom. The molecule has 0 aliphatic rings. The molecule has 0 aliphatic carbocycles. The molecule has 1 aromatic rings. The minimum absolute atomic E-state index is 0.214. The van der Waals surface area contributed by atoms with E-state index in [1.165, 1.54) is 22.3 Å². The van der Waals surface area contributed by atoms with E-state index in [-0.39, 0.29) is 12.0 Å². The molecule has 0 heterocycles. The van der Waals surface area contributed by atoms with E-state index in [0.29, 0.717) is 5.25 Å². The molecule has 1 unspecified atom stereocenters. The Kier molecular flexibility index (Phi) is 5.94. The zero-order valence-electron chi connectivity index (χ0n) is 13.2. The van der Waals surface area contributed by atoms with Crippen LogP contribution in [0.25, 0.3) is 0 Å². The topological polar surface area (TPSA) is 20.2 Å². The monoisotopic (exact) mass is 280 g/mol. The van der Waals surface area contributed by atoms with Crippen LogP contribution >= 0.6 is 11.8 Å². The smallest absolute Gasteiger partial charge is 0.0441 e. The van der Waals surface area contributed by atoms with E-state index in [2.05, 4.69) is 53.7 Å². The maximum absolute atomic E-state index is 8.96. The van der Waals surface area contributed by atoms with Crippen molar-refractivity contribution in [1.29, 1.82) is 0 Å². The van der Waals surface area contributed by atoms with Gasteiger partial charge in [0, 0.05) is 17.6 Å². The number of thioether (sulfide) groups is 1. The van der Waals surface area contributed by atoms with Crippen LogP contribution in [0.15, 0.2) is 12.1 Å². The SMILES string of the molecule is Cc1cc(C(C)(C)C)cc(C)c1CSC(C)CCO. The quantitative estimate of drug-likeness (QED) is 0.850. The molecule has 0 aromatic heterocycles. The van der Waals surface area contributed by atoms with Crippen LogP contribution in [0.2, 0.25) is 0 Å². The highest BCUT2D eigenvalue weighted by Gasteiger charge is 2.16. The lowest BCUT2D eigenvalue weighted by Gasteiger charge is -2.22. The molecule has 1 atom stereocenters. The fourth-order valence-electron chi connectivity index (χ4n) is 2.14. The van der Waals surface area contributed by atoms with Crippen LogP contribution in [-0.2, 0) is 11.2 Å². The highest BCUT2D eigenvalue weighted by molar-refractivity contribution is 7.99. The predicted octanol–water partition coefficient (Wildman–Crippen LogP) is 4.61. The maximum atomic E-state index is 8.96. The second kappa shape index (κ2) is 6.81. The largest absolute Gasteiger partial charge is 0.396 e. The van der Waals surface area contributed by atoms with Gasteiger partial charge in [-0.1, -0.05) is 39.8 Å². The van der Waals surface area contributed by atoms with Crippen molar-refractivity contribution in [3.8, 4) is 0 Å². The summed E-state index contributed by atoms with van der Waals surface area (Å²) in [6.45, 7) is 13.7. The van der Waals surface area contributed by atoms with Gasteiger partial charge in [0.25, 0.3) is 0 Å². The molecule has 0 fully saturated rings. The Morgan fingerprint density at radius 1 is 1.16 bits per heavy atom. The first kappa shape index (κ1) is 16.6. The lowest BCUT2D eigenvalue weighted by Crippen LogP contribution is -2.12. The van der Waals surface area contributed by atoms with Crippen LogP contribution in [-0.4, -0.2) is 17.0 Å². The minimum Gasteiger partial charge on any atom is -0.396 e. The molecule has 108 valence electrons. The van der Waals surface area contributed by atoms with Gasteiger partial charge in [-0.25, -0.2) is 0 Å². The Bertz CT molecular complexity index is 395.